The molecule has 1 aromatic rings. The summed E-state index contributed by atoms with van der Waals surface area (Å²) in [4.78, 5) is 25.6. The van der Waals surface area contributed by atoms with Gasteiger partial charge in [-0.3, -0.25) is 9.78 Å². The lowest BCUT2D eigenvalue weighted by Gasteiger charge is -2.26. The summed E-state index contributed by atoms with van der Waals surface area (Å²) in [7, 11) is 0. The topological polar surface area (TPSA) is 75.3 Å². The first-order chi connectivity index (χ1) is 11.2. The Balaban J connectivity index is 1.48. The van der Waals surface area contributed by atoms with Gasteiger partial charge in [0.2, 0.25) is 0 Å². The molecule has 3 heterocycles. The summed E-state index contributed by atoms with van der Waals surface area (Å²) in [6.45, 7) is 3.44. The number of amides is 1. The molecule has 2 aliphatic heterocycles. The van der Waals surface area contributed by atoms with Gasteiger partial charge in [-0.15, -0.1) is 0 Å². The van der Waals surface area contributed by atoms with Crippen molar-refractivity contribution in [3.63, 3.8) is 0 Å². The summed E-state index contributed by atoms with van der Waals surface area (Å²) in [5.74, 6) is 2.17. The zero-order valence-electron chi connectivity index (χ0n) is 13.5. The fraction of sp³-hybridized carbons (Fsp3) is 0.706. The zero-order valence-corrected chi connectivity index (χ0v) is 13.5. The SMILES string of the molecule is N[C@H]1CN(c2cncc(C(=O)N3CCCCC3)n2)C[C@@H]1C1CC1. The fourth-order valence-corrected chi connectivity index (χ4v) is 3.93. The van der Waals surface area contributed by atoms with Crippen molar-refractivity contribution in [2.45, 2.75) is 38.1 Å². The number of anilines is 1. The van der Waals surface area contributed by atoms with E-state index in [1.165, 1.54) is 19.3 Å². The Hall–Kier alpha value is -1.69. The summed E-state index contributed by atoms with van der Waals surface area (Å²) < 4.78 is 0. The smallest absolute Gasteiger partial charge is 0.274 e. The van der Waals surface area contributed by atoms with E-state index in [0.717, 1.165) is 50.8 Å². The number of likely N-dealkylation sites (tertiary alicyclic amines) is 1. The molecule has 0 spiro atoms. The van der Waals surface area contributed by atoms with E-state index in [1.807, 2.05) is 4.90 Å². The molecule has 3 aliphatic rings. The van der Waals surface area contributed by atoms with Crippen molar-refractivity contribution in [1.82, 2.24) is 14.9 Å². The second-order valence-corrected chi connectivity index (χ2v) is 7.19. The van der Waals surface area contributed by atoms with Crippen LogP contribution in [-0.2, 0) is 0 Å². The van der Waals surface area contributed by atoms with Gasteiger partial charge in [0.15, 0.2) is 0 Å². The molecule has 0 aromatic carbocycles. The Kier molecular flexibility index (Phi) is 3.93. The number of aromatic nitrogens is 2. The predicted octanol–water partition coefficient (Wildman–Crippen LogP) is 1.28. The van der Waals surface area contributed by atoms with Crippen LogP contribution in [0, 0.1) is 11.8 Å². The Labute approximate surface area is 137 Å². The molecule has 1 amide bonds. The molecule has 4 rings (SSSR count). The fourth-order valence-electron chi connectivity index (χ4n) is 3.93. The minimum absolute atomic E-state index is 0.0151. The maximum atomic E-state index is 12.6. The highest BCUT2D eigenvalue weighted by Gasteiger charge is 2.41. The highest BCUT2D eigenvalue weighted by molar-refractivity contribution is 5.92. The molecule has 3 fully saturated rings. The summed E-state index contributed by atoms with van der Waals surface area (Å²) >= 11 is 0. The lowest BCUT2D eigenvalue weighted by atomic mass is 9.99. The van der Waals surface area contributed by atoms with E-state index in [9.17, 15) is 4.79 Å². The maximum absolute atomic E-state index is 12.6. The molecule has 0 unspecified atom stereocenters. The molecule has 124 valence electrons. The number of hydrogen-bond donors (Lipinski definition) is 1. The van der Waals surface area contributed by atoms with Crippen LogP contribution < -0.4 is 10.6 Å². The van der Waals surface area contributed by atoms with E-state index in [1.54, 1.807) is 12.4 Å². The van der Waals surface area contributed by atoms with Gasteiger partial charge in [0.1, 0.15) is 11.5 Å². The van der Waals surface area contributed by atoms with Crippen molar-refractivity contribution in [3.05, 3.63) is 18.1 Å². The molecule has 6 heteroatoms. The van der Waals surface area contributed by atoms with Crippen molar-refractivity contribution < 1.29 is 4.79 Å². The first-order valence-electron chi connectivity index (χ1n) is 8.84. The number of rotatable bonds is 3. The molecule has 23 heavy (non-hydrogen) atoms. The number of nitrogens with two attached hydrogens (primary N) is 1. The second kappa shape index (κ2) is 6.07. The normalized spacial score (nSPS) is 28.2. The number of hydrogen-bond acceptors (Lipinski definition) is 5. The maximum Gasteiger partial charge on any atom is 0.274 e. The van der Waals surface area contributed by atoms with Crippen molar-refractivity contribution in [2.75, 3.05) is 31.1 Å². The average Bonchev–Trinajstić information content (AvgIpc) is 3.37. The molecule has 6 nitrogen and oxygen atoms in total. The minimum Gasteiger partial charge on any atom is -0.353 e. The number of carbonyl (C=O) groups is 1. The quantitative estimate of drug-likeness (QED) is 0.909. The predicted molar refractivity (Wildman–Crippen MR) is 88.2 cm³/mol. The highest BCUT2D eigenvalue weighted by Crippen LogP contribution is 2.41. The number of nitrogens with zero attached hydrogens (tertiary/aromatic N) is 4. The molecule has 1 saturated carbocycles. The van der Waals surface area contributed by atoms with Gasteiger partial charge >= 0.3 is 0 Å². The largest absolute Gasteiger partial charge is 0.353 e. The van der Waals surface area contributed by atoms with Crippen LogP contribution in [0.1, 0.15) is 42.6 Å². The molecular formula is C17H25N5O. The zero-order chi connectivity index (χ0) is 15.8. The van der Waals surface area contributed by atoms with Gasteiger partial charge in [-0.25, -0.2) is 4.98 Å². The lowest BCUT2D eigenvalue weighted by molar-refractivity contribution is 0.0718. The van der Waals surface area contributed by atoms with Gasteiger partial charge < -0.3 is 15.5 Å². The van der Waals surface area contributed by atoms with Crippen LogP contribution in [0.4, 0.5) is 5.82 Å². The van der Waals surface area contributed by atoms with Crippen molar-refractivity contribution in [1.29, 1.82) is 0 Å². The Morgan fingerprint density at radius 3 is 2.65 bits per heavy atom. The third kappa shape index (κ3) is 3.04. The van der Waals surface area contributed by atoms with Crippen LogP contribution in [0.3, 0.4) is 0 Å². The van der Waals surface area contributed by atoms with Crippen LogP contribution in [0.25, 0.3) is 0 Å². The highest BCUT2D eigenvalue weighted by atomic mass is 16.2. The molecular weight excluding hydrogens is 290 g/mol. The van der Waals surface area contributed by atoms with Crippen molar-refractivity contribution in [2.24, 2.45) is 17.6 Å². The number of piperidine rings is 1. The van der Waals surface area contributed by atoms with Crippen LogP contribution in [-0.4, -0.2) is 53.0 Å². The molecule has 1 aliphatic carbocycles. The summed E-state index contributed by atoms with van der Waals surface area (Å²) in [5.41, 5.74) is 6.76. The molecule has 1 aromatic heterocycles. The van der Waals surface area contributed by atoms with Crippen LogP contribution in [0.5, 0.6) is 0 Å². The van der Waals surface area contributed by atoms with Crippen LogP contribution in [0.15, 0.2) is 12.4 Å². The minimum atomic E-state index is 0.0151. The van der Waals surface area contributed by atoms with Crippen LogP contribution in [0.2, 0.25) is 0 Å². The van der Waals surface area contributed by atoms with E-state index in [0.29, 0.717) is 11.6 Å². The third-order valence-electron chi connectivity index (χ3n) is 5.45. The van der Waals surface area contributed by atoms with Gasteiger partial charge in [-0.05, 0) is 43.9 Å². The molecule has 2 atom stereocenters. The molecule has 2 N–H and O–H groups in total. The van der Waals surface area contributed by atoms with Gasteiger partial charge in [-0.2, -0.15) is 0 Å². The Morgan fingerprint density at radius 2 is 1.91 bits per heavy atom. The van der Waals surface area contributed by atoms with Crippen molar-refractivity contribution >= 4 is 11.7 Å². The Bertz CT molecular complexity index is 582. The first-order valence-corrected chi connectivity index (χ1v) is 8.84. The van der Waals surface area contributed by atoms with Gasteiger partial charge in [0.05, 0.1) is 12.4 Å². The van der Waals surface area contributed by atoms with E-state index in [2.05, 4.69) is 14.9 Å². The second-order valence-electron chi connectivity index (χ2n) is 7.19. The lowest BCUT2D eigenvalue weighted by Crippen LogP contribution is -2.36. The van der Waals surface area contributed by atoms with E-state index in [-0.39, 0.29) is 11.9 Å². The van der Waals surface area contributed by atoms with E-state index >= 15 is 0 Å². The van der Waals surface area contributed by atoms with Gasteiger partial charge in [0.25, 0.3) is 5.91 Å². The molecule has 0 bridgehead atoms. The Morgan fingerprint density at radius 1 is 1.13 bits per heavy atom. The third-order valence-corrected chi connectivity index (χ3v) is 5.45. The van der Waals surface area contributed by atoms with Gasteiger partial charge in [0, 0.05) is 32.2 Å². The standard InChI is InChI=1S/C17H25N5O/c18-14-11-22(10-13(14)12-4-5-12)16-9-19-8-15(20-16)17(23)21-6-2-1-3-7-21/h8-9,12-14H,1-7,10-11,18H2/t13-,14+/m1/s1. The first kappa shape index (κ1) is 14.9. The molecule has 0 radical (unpaired) electrons. The molecule has 2 saturated heterocycles. The van der Waals surface area contributed by atoms with Crippen LogP contribution >= 0.6 is 0 Å². The number of carbonyl (C=O) groups excluding carboxylic acids is 1. The van der Waals surface area contributed by atoms with Crippen molar-refractivity contribution in [3.8, 4) is 0 Å². The summed E-state index contributed by atoms with van der Waals surface area (Å²) in [5, 5.41) is 0. The summed E-state index contributed by atoms with van der Waals surface area (Å²) in [6.07, 6.45) is 9.36. The van der Waals surface area contributed by atoms with E-state index < -0.39 is 0 Å². The monoisotopic (exact) mass is 315 g/mol. The average molecular weight is 315 g/mol. The summed E-state index contributed by atoms with van der Waals surface area (Å²) in [6, 6.07) is 0.214. The van der Waals surface area contributed by atoms with Gasteiger partial charge in [-0.1, -0.05) is 0 Å². The van der Waals surface area contributed by atoms with E-state index in [4.69, 9.17) is 5.73 Å².